The van der Waals surface area contributed by atoms with Crippen LogP contribution >= 0.6 is 0 Å². The Bertz CT molecular complexity index is 1750. The first-order chi connectivity index (χ1) is 37.4. The van der Waals surface area contributed by atoms with Crippen molar-refractivity contribution in [2.45, 2.75) is 181 Å². The standard InChI is InChI=1S/C45H82N2O32/c1-6-45(44(65)66,79-25(7-46-20(3)55)31(59)24(58)11-51)72-16-23(10-50)70-18-71-37-27(13-53)75-41(30(34(37)62)47-21(4)56)76-28(14-54)40(73-19(2)8-48)69-17-29-33(61)38(36(64)42(77-29)68-15-22(57)9-49)78-43-39(67-5)35(63)32(60)26(12-52)74-43/h19,22-43,48-54,57-64H,6-18H2,1-5H3,(H,46,55)(H,47,56)(H,65,66)/t19?,22?,23?,24?,25?,26?,27?,28?,29?,30?,31-,32-,33-,34?,35?,36?,37-,38?,39?,40+,41+,42-,43-,45-/m1/s1. The Balaban J connectivity index is 1.84. The van der Waals surface area contributed by atoms with E-state index < -0.39 is 250 Å². The maximum Gasteiger partial charge on any atom is 0.364 e. The van der Waals surface area contributed by atoms with Crippen molar-refractivity contribution in [2.24, 2.45) is 0 Å². The summed E-state index contributed by atoms with van der Waals surface area (Å²) in [5.41, 5.74) is 0. The number of ether oxygens (including phenoxy) is 13. The molecule has 15 unspecified atom stereocenters. The van der Waals surface area contributed by atoms with Gasteiger partial charge in [-0.25, -0.2) is 4.79 Å². The molecule has 3 aliphatic rings. The summed E-state index contributed by atoms with van der Waals surface area (Å²) in [5.74, 6) is -5.73. The number of aliphatic hydroxyl groups is 15. The van der Waals surface area contributed by atoms with Crippen LogP contribution in [0.5, 0.6) is 0 Å². The van der Waals surface area contributed by atoms with Crippen molar-refractivity contribution in [2.75, 3.05) is 86.5 Å². The smallest absolute Gasteiger partial charge is 0.364 e. The molecule has 3 saturated heterocycles. The summed E-state index contributed by atoms with van der Waals surface area (Å²) in [5, 5.41) is 171. The van der Waals surface area contributed by atoms with Gasteiger partial charge in [-0.1, -0.05) is 6.92 Å². The molecule has 3 heterocycles. The van der Waals surface area contributed by atoms with E-state index in [1.54, 1.807) is 0 Å². The first-order valence-electron chi connectivity index (χ1n) is 25.1. The van der Waals surface area contributed by atoms with Crippen molar-refractivity contribution in [1.29, 1.82) is 0 Å². The monoisotopic (exact) mass is 1160 g/mol. The minimum atomic E-state index is -2.61. The lowest BCUT2D eigenvalue weighted by molar-refractivity contribution is -0.368. The van der Waals surface area contributed by atoms with Crippen molar-refractivity contribution >= 4 is 17.8 Å². The van der Waals surface area contributed by atoms with Gasteiger partial charge in [0.1, 0.15) is 117 Å². The number of aliphatic hydroxyl groups excluding tert-OH is 15. The second-order valence-corrected chi connectivity index (χ2v) is 18.6. The molecule has 0 bridgehead atoms. The summed E-state index contributed by atoms with van der Waals surface area (Å²) < 4.78 is 74.2. The van der Waals surface area contributed by atoms with Crippen molar-refractivity contribution in [3.05, 3.63) is 0 Å². The fourth-order valence-corrected chi connectivity index (χ4v) is 8.16. The number of hydrogen-bond acceptors (Lipinski definition) is 31. The second kappa shape index (κ2) is 34.8. The number of hydrogen-bond donors (Lipinski definition) is 18. The van der Waals surface area contributed by atoms with Crippen molar-refractivity contribution < 1.29 is 158 Å². The van der Waals surface area contributed by atoms with Gasteiger partial charge in [0.2, 0.25) is 11.8 Å². The maximum atomic E-state index is 12.6. The molecular formula is C45H82N2O32. The van der Waals surface area contributed by atoms with Gasteiger partial charge in [-0.3, -0.25) is 9.59 Å². The molecule has 79 heavy (non-hydrogen) atoms. The first kappa shape index (κ1) is 70.6. The molecule has 0 aliphatic carbocycles. The van der Waals surface area contributed by atoms with Gasteiger partial charge in [0.15, 0.2) is 25.2 Å². The zero-order chi connectivity index (χ0) is 59.3. The lowest BCUT2D eigenvalue weighted by atomic mass is 9.96. The molecule has 18 N–H and O–H groups in total. The third kappa shape index (κ3) is 20.0. The number of nitrogens with one attached hydrogen (secondary N) is 2. The molecule has 24 atom stereocenters. The SMILES string of the molecule is CC[C@@](OCC(CO)OCO[C@@H]1C(CO)O[C@@H](OC(CO)[C@@H](OCC2O[C@@H](OCC(O)CO)C(O)C(O[C@H]3OC(CO)[C@@H](O)C(O)C3OC)[C@@H]2O)OC(C)CO)C(NC(C)=O)C1O)(OC(CNC(C)=O)[C@H](O)C(O)CO)C(=O)O. The highest BCUT2D eigenvalue weighted by Crippen LogP contribution is 2.33. The highest BCUT2D eigenvalue weighted by Gasteiger charge is 2.53. The third-order valence-electron chi connectivity index (χ3n) is 12.7. The number of carboxylic acids is 1. The Morgan fingerprint density at radius 2 is 1.33 bits per heavy atom. The van der Waals surface area contributed by atoms with E-state index in [0.29, 0.717) is 0 Å². The zero-order valence-electron chi connectivity index (χ0n) is 44.2. The van der Waals surface area contributed by atoms with Crippen LogP contribution in [-0.4, -0.2) is 333 Å². The lowest BCUT2D eigenvalue weighted by Gasteiger charge is -2.47. The number of carbonyl (C=O) groups is 3. The minimum absolute atomic E-state index is 0.460. The lowest BCUT2D eigenvalue weighted by Crippen LogP contribution is -2.66. The van der Waals surface area contributed by atoms with Crippen LogP contribution in [-0.2, 0) is 76.0 Å². The van der Waals surface area contributed by atoms with Crippen LogP contribution in [0.1, 0.15) is 34.1 Å². The number of rotatable bonds is 37. The number of carbonyl (C=O) groups excluding carboxylic acids is 2. The van der Waals surface area contributed by atoms with Crippen molar-refractivity contribution in [3.63, 3.8) is 0 Å². The minimum Gasteiger partial charge on any atom is -0.477 e. The average Bonchev–Trinajstić information content (AvgIpc) is 3.47. The summed E-state index contributed by atoms with van der Waals surface area (Å²) in [6, 6.07) is -1.62. The van der Waals surface area contributed by atoms with E-state index in [0.717, 1.165) is 21.0 Å². The molecule has 0 radical (unpaired) electrons. The van der Waals surface area contributed by atoms with Gasteiger partial charge in [-0.15, -0.1) is 0 Å². The Kier molecular flexibility index (Phi) is 31.1. The van der Waals surface area contributed by atoms with Gasteiger partial charge in [0.25, 0.3) is 5.79 Å². The Morgan fingerprint density at radius 3 is 1.87 bits per heavy atom. The van der Waals surface area contributed by atoms with Crippen LogP contribution in [0.4, 0.5) is 0 Å². The summed E-state index contributed by atoms with van der Waals surface area (Å²) in [6.45, 7) is -4.70. The average molecular weight is 1160 g/mol. The number of amides is 2. The van der Waals surface area contributed by atoms with Crippen molar-refractivity contribution in [3.8, 4) is 0 Å². The van der Waals surface area contributed by atoms with Gasteiger partial charge in [0.05, 0.1) is 72.2 Å². The maximum absolute atomic E-state index is 12.6. The van der Waals surface area contributed by atoms with Gasteiger partial charge in [-0.05, 0) is 6.92 Å². The molecule has 0 aromatic rings. The van der Waals surface area contributed by atoms with Crippen LogP contribution in [0.25, 0.3) is 0 Å². The molecule has 2 amide bonds. The first-order valence-corrected chi connectivity index (χ1v) is 25.1. The molecular weight excluding hydrogens is 1080 g/mol. The van der Waals surface area contributed by atoms with Crippen LogP contribution in [0.3, 0.4) is 0 Å². The molecule has 0 saturated carbocycles. The fourth-order valence-electron chi connectivity index (χ4n) is 8.16. The molecule has 3 rings (SSSR count). The van der Waals surface area contributed by atoms with E-state index in [-0.39, 0.29) is 0 Å². The normalized spacial score (nSPS) is 33.3. The molecule has 3 fully saturated rings. The number of methoxy groups -OCH3 is 1. The Hall–Kier alpha value is -2.71. The molecule has 464 valence electrons. The highest BCUT2D eigenvalue weighted by atomic mass is 16.8. The third-order valence-corrected chi connectivity index (χ3v) is 12.7. The van der Waals surface area contributed by atoms with Crippen LogP contribution < -0.4 is 10.6 Å². The van der Waals surface area contributed by atoms with Gasteiger partial charge < -0.3 is 154 Å². The summed E-state index contributed by atoms with van der Waals surface area (Å²) >= 11 is 0. The largest absolute Gasteiger partial charge is 0.477 e. The van der Waals surface area contributed by atoms with Gasteiger partial charge in [0, 0.05) is 33.9 Å². The van der Waals surface area contributed by atoms with Gasteiger partial charge in [-0.2, -0.15) is 0 Å². The van der Waals surface area contributed by atoms with E-state index >= 15 is 0 Å². The second-order valence-electron chi connectivity index (χ2n) is 18.6. The Morgan fingerprint density at radius 1 is 0.671 bits per heavy atom. The molecule has 0 aromatic carbocycles. The molecule has 3 aliphatic heterocycles. The van der Waals surface area contributed by atoms with Crippen LogP contribution in [0, 0.1) is 0 Å². The zero-order valence-corrected chi connectivity index (χ0v) is 44.2. The summed E-state index contributed by atoms with van der Waals surface area (Å²) in [6.07, 6.45) is -37.2. The Labute approximate surface area is 453 Å². The van der Waals surface area contributed by atoms with Crippen LogP contribution in [0.15, 0.2) is 0 Å². The predicted octanol–water partition coefficient (Wildman–Crippen LogP) is -10.5. The fraction of sp³-hybridized carbons (Fsp3) is 0.933. The van der Waals surface area contributed by atoms with E-state index in [1.807, 2.05) is 0 Å². The van der Waals surface area contributed by atoms with E-state index in [2.05, 4.69) is 10.6 Å². The quantitative estimate of drug-likeness (QED) is 0.0257. The van der Waals surface area contributed by atoms with E-state index in [9.17, 15) is 96.1 Å². The van der Waals surface area contributed by atoms with Crippen LogP contribution in [0.2, 0.25) is 0 Å². The van der Waals surface area contributed by atoms with Gasteiger partial charge >= 0.3 is 5.97 Å². The summed E-state index contributed by atoms with van der Waals surface area (Å²) in [4.78, 5) is 36.7. The molecule has 0 spiro atoms. The highest BCUT2D eigenvalue weighted by molar-refractivity contribution is 5.75. The topological polar surface area (TPSA) is 519 Å². The van der Waals surface area contributed by atoms with Crippen molar-refractivity contribution in [1.82, 2.24) is 10.6 Å². The molecule has 34 heteroatoms. The molecule has 34 nitrogen and oxygen atoms in total. The number of carboxylic acid groups (broad SMARTS) is 1. The summed E-state index contributed by atoms with van der Waals surface area (Å²) in [7, 11) is 1.13. The van der Waals surface area contributed by atoms with E-state index in [4.69, 9.17) is 61.6 Å². The van der Waals surface area contributed by atoms with E-state index in [1.165, 1.54) is 13.8 Å². The number of aliphatic carboxylic acids is 1. The predicted molar refractivity (Wildman–Crippen MR) is 253 cm³/mol. The molecule has 0 aromatic heterocycles.